The van der Waals surface area contributed by atoms with Crippen LogP contribution in [0.5, 0.6) is 0 Å². The van der Waals surface area contributed by atoms with Crippen molar-refractivity contribution in [2.24, 2.45) is 11.3 Å². The molecule has 2 nitrogen and oxygen atoms in total. The molecule has 0 saturated heterocycles. The van der Waals surface area contributed by atoms with Crippen LogP contribution >= 0.6 is 0 Å². The monoisotopic (exact) mass is 178 g/mol. The number of Topliss-reactive ketones (excluding diaryl/α,β-unsaturated/α-hetero) is 1. The summed E-state index contributed by atoms with van der Waals surface area (Å²) >= 11 is 0. The van der Waals surface area contributed by atoms with Crippen molar-refractivity contribution in [2.75, 3.05) is 0 Å². The Bertz CT molecular complexity index is 290. The third-order valence-corrected chi connectivity index (χ3v) is 3.58. The molecule has 0 aromatic heterocycles. The summed E-state index contributed by atoms with van der Waals surface area (Å²) in [5.41, 5.74) is -0.314. The Morgan fingerprint density at radius 2 is 2.23 bits per heavy atom. The minimum atomic E-state index is -0.314. The molecule has 0 radical (unpaired) electrons. The van der Waals surface area contributed by atoms with Crippen molar-refractivity contribution in [1.29, 1.82) is 0 Å². The molecule has 2 unspecified atom stereocenters. The molecule has 13 heavy (non-hydrogen) atoms. The molecule has 2 aliphatic carbocycles. The number of carbonyl (C=O) groups is 2. The summed E-state index contributed by atoms with van der Waals surface area (Å²) in [6.45, 7) is 2.09. The normalized spacial score (nSPS) is 39.0. The van der Waals surface area contributed by atoms with E-state index in [2.05, 4.69) is 6.92 Å². The standard InChI is InChI=1S/C11H14O2/c1-8-4-5-10(13)11(8)6-2-3-9(12)7-11/h2-3,8H,4-7H2,1H3. The fourth-order valence-corrected chi connectivity index (χ4v) is 2.58. The molecule has 2 aliphatic rings. The maximum atomic E-state index is 11.7. The summed E-state index contributed by atoms with van der Waals surface area (Å²) in [7, 11) is 0. The summed E-state index contributed by atoms with van der Waals surface area (Å²) in [5.74, 6) is 0.806. The Morgan fingerprint density at radius 3 is 2.77 bits per heavy atom. The van der Waals surface area contributed by atoms with E-state index in [9.17, 15) is 9.59 Å². The van der Waals surface area contributed by atoms with E-state index < -0.39 is 0 Å². The summed E-state index contributed by atoms with van der Waals surface area (Å²) in [4.78, 5) is 23.0. The minimum absolute atomic E-state index is 0.119. The van der Waals surface area contributed by atoms with Crippen LogP contribution in [0, 0.1) is 11.3 Å². The number of allylic oxidation sites excluding steroid dienone is 2. The average Bonchev–Trinajstić information content (AvgIpc) is 2.34. The van der Waals surface area contributed by atoms with Crippen molar-refractivity contribution in [3.8, 4) is 0 Å². The zero-order valence-electron chi connectivity index (χ0n) is 7.88. The van der Waals surface area contributed by atoms with Crippen LogP contribution in [-0.4, -0.2) is 11.6 Å². The molecule has 0 N–H and O–H groups in total. The van der Waals surface area contributed by atoms with Crippen LogP contribution in [0.4, 0.5) is 0 Å². The molecule has 2 atom stereocenters. The topological polar surface area (TPSA) is 34.1 Å². The molecule has 0 aliphatic heterocycles. The Hall–Kier alpha value is -0.920. The first-order valence-corrected chi connectivity index (χ1v) is 4.88. The van der Waals surface area contributed by atoms with Gasteiger partial charge in [0.05, 0.1) is 0 Å². The number of hydrogen-bond acceptors (Lipinski definition) is 2. The van der Waals surface area contributed by atoms with E-state index in [1.165, 1.54) is 0 Å². The van der Waals surface area contributed by atoms with Gasteiger partial charge in [0.2, 0.25) is 0 Å². The number of carbonyl (C=O) groups excluding carboxylic acids is 2. The van der Waals surface area contributed by atoms with Gasteiger partial charge in [-0.25, -0.2) is 0 Å². The van der Waals surface area contributed by atoms with Crippen molar-refractivity contribution in [3.63, 3.8) is 0 Å². The van der Waals surface area contributed by atoms with Gasteiger partial charge in [0.15, 0.2) is 5.78 Å². The molecule has 0 aromatic rings. The largest absolute Gasteiger partial charge is 0.299 e. The first-order valence-electron chi connectivity index (χ1n) is 4.88. The highest BCUT2D eigenvalue weighted by molar-refractivity contribution is 5.98. The molecule has 0 aromatic carbocycles. The molecule has 0 amide bonds. The highest BCUT2D eigenvalue weighted by atomic mass is 16.1. The van der Waals surface area contributed by atoms with E-state index in [4.69, 9.17) is 0 Å². The van der Waals surface area contributed by atoms with Crippen LogP contribution in [0.15, 0.2) is 12.2 Å². The molecule has 2 rings (SSSR count). The Balaban J connectivity index is 2.33. The van der Waals surface area contributed by atoms with Gasteiger partial charge in [0.1, 0.15) is 5.78 Å². The lowest BCUT2D eigenvalue weighted by Crippen LogP contribution is -2.35. The zero-order valence-corrected chi connectivity index (χ0v) is 7.88. The van der Waals surface area contributed by atoms with Crippen LogP contribution in [0.25, 0.3) is 0 Å². The molecule has 1 spiro atoms. The van der Waals surface area contributed by atoms with Crippen LogP contribution < -0.4 is 0 Å². The number of hydrogen-bond donors (Lipinski definition) is 0. The predicted octanol–water partition coefficient (Wildman–Crippen LogP) is 1.89. The lowest BCUT2D eigenvalue weighted by Gasteiger charge is -2.32. The van der Waals surface area contributed by atoms with E-state index >= 15 is 0 Å². The molecule has 1 fully saturated rings. The maximum Gasteiger partial charge on any atom is 0.156 e. The van der Waals surface area contributed by atoms with E-state index in [1.54, 1.807) is 6.08 Å². The molecule has 70 valence electrons. The fourth-order valence-electron chi connectivity index (χ4n) is 2.58. The predicted molar refractivity (Wildman–Crippen MR) is 49.2 cm³/mol. The van der Waals surface area contributed by atoms with Gasteiger partial charge in [-0.1, -0.05) is 13.0 Å². The van der Waals surface area contributed by atoms with Crippen molar-refractivity contribution in [3.05, 3.63) is 12.2 Å². The lowest BCUT2D eigenvalue weighted by atomic mass is 9.69. The van der Waals surface area contributed by atoms with Crippen molar-refractivity contribution in [2.45, 2.75) is 32.6 Å². The van der Waals surface area contributed by atoms with Gasteiger partial charge in [0.25, 0.3) is 0 Å². The number of ketones is 2. The average molecular weight is 178 g/mol. The summed E-state index contributed by atoms with van der Waals surface area (Å²) in [5, 5.41) is 0. The van der Waals surface area contributed by atoms with Gasteiger partial charge < -0.3 is 0 Å². The second-order valence-electron chi connectivity index (χ2n) is 4.27. The fraction of sp³-hybridized carbons (Fsp3) is 0.636. The highest BCUT2D eigenvalue weighted by Gasteiger charge is 2.48. The smallest absolute Gasteiger partial charge is 0.156 e. The van der Waals surface area contributed by atoms with Crippen LogP contribution in [-0.2, 0) is 9.59 Å². The summed E-state index contributed by atoms with van der Waals surface area (Å²) < 4.78 is 0. The zero-order chi connectivity index (χ0) is 9.47. The number of rotatable bonds is 0. The molecule has 0 heterocycles. The SMILES string of the molecule is CC1CCC(=O)C12CC=CC(=O)C2. The summed E-state index contributed by atoms with van der Waals surface area (Å²) in [6.07, 6.45) is 6.33. The van der Waals surface area contributed by atoms with Crippen molar-refractivity contribution >= 4 is 11.6 Å². The van der Waals surface area contributed by atoms with Gasteiger partial charge in [-0.15, -0.1) is 0 Å². The summed E-state index contributed by atoms with van der Waals surface area (Å²) in [6, 6.07) is 0. The quantitative estimate of drug-likeness (QED) is 0.567. The van der Waals surface area contributed by atoms with Crippen molar-refractivity contribution in [1.82, 2.24) is 0 Å². The minimum Gasteiger partial charge on any atom is -0.299 e. The molecule has 0 bridgehead atoms. The molecule has 2 heteroatoms. The lowest BCUT2D eigenvalue weighted by molar-refractivity contribution is -0.132. The van der Waals surface area contributed by atoms with Gasteiger partial charge in [-0.05, 0) is 24.8 Å². The van der Waals surface area contributed by atoms with E-state index in [1.807, 2.05) is 6.08 Å². The van der Waals surface area contributed by atoms with Crippen LogP contribution in [0.1, 0.15) is 32.6 Å². The van der Waals surface area contributed by atoms with E-state index in [0.29, 0.717) is 24.5 Å². The van der Waals surface area contributed by atoms with Gasteiger partial charge in [-0.2, -0.15) is 0 Å². The van der Waals surface area contributed by atoms with Crippen LogP contribution in [0.2, 0.25) is 0 Å². The molecular formula is C11H14O2. The second-order valence-corrected chi connectivity index (χ2v) is 4.27. The van der Waals surface area contributed by atoms with Crippen molar-refractivity contribution < 1.29 is 9.59 Å². The maximum absolute atomic E-state index is 11.7. The highest BCUT2D eigenvalue weighted by Crippen LogP contribution is 2.47. The second kappa shape index (κ2) is 2.79. The molecular weight excluding hydrogens is 164 g/mol. The first kappa shape index (κ1) is 8.67. The third-order valence-electron chi connectivity index (χ3n) is 3.58. The first-order chi connectivity index (χ1) is 6.15. The Kier molecular flexibility index (Phi) is 1.86. The third kappa shape index (κ3) is 1.16. The van der Waals surface area contributed by atoms with Crippen LogP contribution in [0.3, 0.4) is 0 Å². The van der Waals surface area contributed by atoms with Gasteiger partial charge in [-0.3, -0.25) is 9.59 Å². The Labute approximate surface area is 78.0 Å². The van der Waals surface area contributed by atoms with Gasteiger partial charge in [0, 0.05) is 18.3 Å². The van der Waals surface area contributed by atoms with E-state index in [0.717, 1.165) is 12.8 Å². The van der Waals surface area contributed by atoms with E-state index in [-0.39, 0.29) is 11.2 Å². The van der Waals surface area contributed by atoms with Gasteiger partial charge >= 0.3 is 0 Å². The molecule has 1 saturated carbocycles. The Morgan fingerprint density at radius 1 is 1.46 bits per heavy atom.